The van der Waals surface area contributed by atoms with Crippen LogP contribution in [0.1, 0.15) is 127 Å². The molecule has 0 atom stereocenters. The summed E-state index contributed by atoms with van der Waals surface area (Å²) < 4.78 is 12.9. The van der Waals surface area contributed by atoms with Crippen molar-refractivity contribution in [1.82, 2.24) is 0 Å². The Kier molecular flexibility index (Phi) is 24.3. The van der Waals surface area contributed by atoms with Gasteiger partial charge in [0.05, 0.1) is 0 Å². The molecular formula is C46H68FN. The molecule has 1 nitrogen and oxygen atoms in total. The normalized spacial score (nSPS) is 13.0. The first-order valence-corrected chi connectivity index (χ1v) is 18.1. The molecule has 0 aliphatic heterocycles. The van der Waals surface area contributed by atoms with Crippen molar-refractivity contribution in [3.63, 3.8) is 0 Å². The summed E-state index contributed by atoms with van der Waals surface area (Å²) in [5.74, 6) is 0.856. The highest BCUT2D eigenvalue weighted by atomic mass is 19.1. The topological polar surface area (TPSA) is 12.0 Å². The zero-order chi connectivity index (χ0) is 36.5. The first-order chi connectivity index (χ1) is 22.9. The largest absolute Gasteiger partial charge is 0.359 e. The van der Waals surface area contributed by atoms with Crippen LogP contribution in [0, 0.1) is 25.6 Å². The van der Waals surface area contributed by atoms with Gasteiger partial charge in [0, 0.05) is 11.4 Å². The van der Waals surface area contributed by atoms with Crippen molar-refractivity contribution in [3.05, 3.63) is 143 Å². The highest BCUT2D eigenvalue weighted by Gasteiger charge is 2.09. The second-order valence-corrected chi connectivity index (χ2v) is 13.1. The van der Waals surface area contributed by atoms with E-state index in [9.17, 15) is 4.39 Å². The van der Waals surface area contributed by atoms with Gasteiger partial charge in [0.15, 0.2) is 0 Å². The molecule has 0 amide bonds. The summed E-state index contributed by atoms with van der Waals surface area (Å²) in [4.78, 5) is 0. The second-order valence-electron chi connectivity index (χ2n) is 13.1. The highest BCUT2D eigenvalue weighted by Crippen LogP contribution is 2.23. The zero-order valence-corrected chi connectivity index (χ0v) is 32.4. The van der Waals surface area contributed by atoms with E-state index in [1.165, 1.54) is 86.1 Å². The van der Waals surface area contributed by atoms with Crippen LogP contribution < -0.4 is 5.32 Å². The molecule has 264 valence electrons. The number of anilines is 1. The minimum atomic E-state index is -0.180. The van der Waals surface area contributed by atoms with Crippen LogP contribution in [0.5, 0.6) is 0 Å². The van der Waals surface area contributed by atoms with Crippen LogP contribution in [-0.4, -0.2) is 0 Å². The Morgan fingerprint density at radius 3 is 1.88 bits per heavy atom. The Hall–Kier alpha value is -3.65. The van der Waals surface area contributed by atoms with Gasteiger partial charge in [0.1, 0.15) is 5.82 Å². The molecule has 1 fully saturated rings. The maximum Gasteiger partial charge on any atom is 0.126 e. The maximum absolute atomic E-state index is 12.9. The van der Waals surface area contributed by atoms with Crippen molar-refractivity contribution < 1.29 is 4.39 Å². The van der Waals surface area contributed by atoms with Crippen molar-refractivity contribution in [2.75, 3.05) is 5.32 Å². The Morgan fingerprint density at radius 2 is 1.40 bits per heavy atom. The third-order valence-electron chi connectivity index (χ3n) is 7.88. The molecule has 1 saturated carbocycles. The average Bonchev–Trinajstić information content (AvgIpc) is 3.53. The highest BCUT2D eigenvalue weighted by molar-refractivity contribution is 5.61. The van der Waals surface area contributed by atoms with E-state index in [2.05, 4.69) is 88.3 Å². The van der Waals surface area contributed by atoms with E-state index in [0.717, 1.165) is 22.9 Å². The SMILES string of the molecule is C=C(C)C.C=C(C)c1ccc(C)cc1.C=C/C=C(\C)Nc1ccc(F)c(C)c1.CC.CC1CCCCC1.CCc1ccc2c(c1)CCC2. The van der Waals surface area contributed by atoms with E-state index >= 15 is 0 Å². The molecule has 3 aromatic rings. The molecule has 5 rings (SSSR count). The van der Waals surface area contributed by atoms with E-state index in [-0.39, 0.29) is 5.82 Å². The molecule has 0 radical (unpaired) electrons. The number of aryl methyl sites for hydroxylation is 5. The van der Waals surface area contributed by atoms with Gasteiger partial charge in [0.2, 0.25) is 0 Å². The third-order valence-corrected chi connectivity index (χ3v) is 7.88. The van der Waals surface area contributed by atoms with E-state index in [0.29, 0.717) is 5.56 Å². The number of rotatable bonds is 5. The molecule has 0 saturated heterocycles. The Morgan fingerprint density at radius 1 is 0.812 bits per heavy atom. The number of hydrogen-bond acceptors (Lipinski definition) is 1. The summed E-state index contributed by atoms with van der Waals surface area (Å²) in [6, 6.07) is 20.3. The van der Waals surface area contributed by atoms with Gasteiger partial charge in [0.25, 0.3) is 0 Å². The molecule has 2 aliphatic rings. The van der Waals surface area contributed by atoms with Crippen LogP contribution in [0.15, 0.2) is 104 Å². The van der Waals surface area contributed by atoms with Crippen LogP contribution in [-0.2, 0) is 19.3 Å². The lowest BCUT2D eigenvalue weighted by atomic mass is 9.91. The molecule has 48 heavy (non-hydrogen) atoms. The van der Waals surface area contributed by atoms with Gasteiger partial charge in [-0.3, -0.25) is 0 Å². The lowest BCUT2D eigenvalue weighted by molar-refractivity contribution is 0.385. The maximum atomic E-state index is 12.9. The van der Waals surface area contributed by atoms with Crippen molar-refractivity contribution in [2.24, 2.45) is 5.92 Å². The predicted octanol–water partition coefficient (Wildman–Crippen LogP) is 14.6. The van der Waals surface area contributed by atoms with E-state index in [1.807, 2.05) is 47.6 Å². The number of hydrogen-bond donors (Lipinski definition) is 1. The predicted molar refractivity (Wildman–Crippen MR) is 217 cm³/mol. The summed E-state index contributed by atoms with van der Waals surface area (Å²) in [5, 5.41) is 3.13. The van der Waals surface area contributed by atoms with Crippen LogP contribution in [0.3, 0.4) is 0 Å². The average molecular weight is 654 g/mol. The van der Waals surface area contributed by atoms with Crippen molar-refractivity contribution >= 4 is 11.3 Å². The fourth-order valence-electron chi connectivity index (χ4n) is 5.16. The molecule has 0 aromatic heterocycles. The number of fused-ring (bicyclic) bond motifs is 1. The number of allylic oxidation sites excluding steroid dienone is 5. The molecule has 2 heteroatoms. The molecular weight excluding hydrogens is 586 g/mol. The van der Waals surface area contributed by atoms with Crippen molar-refractivity contribution in [1.29, 1.82) is 0 Å². The fraction of sp³-hybridized carbons (Fsp3) is 0.435. The number of nitrogens with one attached hydrogen (secondary N) is 1. The van der Waals surface area contributed by atoms with Gasteiger partial charge >= 0.3 is 0 Å². The van der Waals surface area contributed by atoms with Gasteiger partial charge in [-0.05, 0) is 125 Å². The Bertz CT molecular complexity index is 1370. The standard InChI is InChI=1S/C12H14FN.C11H14.C10H12.C7H14.C4H8.C2H6/c1-4-5-10(3)14-11-6-7-12(13)9(2)8-11;1-2-9-6-7-10-4-3-5-11(10)8-9;1-8(2)10-6-4-9(3)5-7-10;1-7-5-3-2-4-6-7;1-4(2)3;1-2/h4-8,14H,1H2,2-3H3;6-8H,2-5H2,1H3;4-7H,1H2,2-3H3;7H,2-6H2,1H3;1H2,2-3H3;1-2H3/b10-5+;;;;;. The summed E-state index contributed by atoms with van der Waals surface area (Å²) in [5.41, 5.74) is 12.0. The van der Waals surface area contributed by atoms with Gasteiger partial charge in [-0.1, -0.05) is 138 Å². The van der Waals surface area contributed by atoms with Crippen LogP contribution in [0.4, 0.5) is 10.1 Å². The van der Waals surface area contributed by atoms with Gasteiger partial charge in [-0.2, -0.15) is 0 Å². The summed E-state index contributed by atoms with van der Waals surface area (Å²) in [6.07, 6.45) is 16.2. The molecule has 0 unspecified atom stereocenters. The van der Waals surface area contributed by atoms with Crippen LogP contribution >= 0.6 is 0 Å². The first-order valence-electron chi connectivity index (χ1n) is 18.1. The minimum Gasteiger partial charge on any atom is -0.359 e. The molecule has 1 N–H and O–H groups in total. The number of benzene rings is 3. The first kappa shape index (κ1) is 44.4. The van der Waals surface area contributed by atoms with E-state index < -0.39 is 0 Å². The van der Waals surface area contributed by atoms with E-state index in [1.54, 1.807) is 36.3 Å². The summed E-state index contributed by atoms with van der Waals surface area (Å²) in [6.45, 7) is 31.3. The Balaban J connectivity index is 0.000000592. The molecule has 0 bridgehead atoms. The van der Waals surface area contributed by atoms with Gasteiger partial charge < -0.3 is 5.32 Å². The summed E-state index contributed by atoms with van der Waals surface area (Å²) >= 11 is 0. The summed E-state index contributed by atoms with van der Waals surface area (Å²) in [7, 11) is 0. The zero-order valence-electron chi connectivity index (χ0n) is 32.4. The lowest BCUT2D eigenvalue weighted by Gasteiger charge is -2.15. The third kappa shape index (κ3) is 20.6. The van der Waals surface area contributed by atoms with E-state index in [4.69, 9.17) is 0 Å². The van der Waals surface area contributed by atoms with Gasteiger partial charge in [-0.15, -0.1) is 6.58 Å². The van der Waals surface area contributed by atoms with Crippen molar-refractivity contribution in [2.45, 2.75) is 127 Å². The monoisotopic (exact) mass is 654 g/mol. The lowest BCUT2D eigenvalue weighted by Crippen LogP contribution is -1.99. The molecule has 0 heterocycles. The fourth-order valence-corrected chi connectivity index (χ4v) is 5.16. The Labute approximate surface area is 296 Å². The molecule has 0 spiro atoms. The van der Waals surface area contributed by atoms with Gasteiger partial charge in [-0.25, -0.2) is 4.39 Å². The molecule has 3 aromatic carbocycles. The minimum absolute atomic E-state index is 0.180. The second kappa shape index (κ2) is 26.3. The van der Waals surface area contributed by atoms with Crippen LogP contribution in [0.25, 0.3) is 5.57 Å². The van der Waals surface area contributed by atoms with Crippen molar-refractivity contribution in [3.8, 4) is 0 Å². The van der Waals surface area contributed by atoms with Crippen LogP contribution in [0.2, 0.25) is 0 Å². The quantitative estimate of drug-likeness (QED) is 0.213. The molecule has 2 aliphatic carbocycles. The number of halogens is 1. The smallest absolute Gasteiger partial charge is 0.126 e.